The number of esters is 1. The highest BCUT2D eigenvalue weighted by atomic mass is 16.6. The van der Waals surface area contributed by atoms with Crippen LogP contribution in [0.3, 0.4) is 0 Å². The minimum atomic E-state index is -1.11. The minimum absolute atomic E-state index is 0.00436. The Balaban J connectivity index is 1.29. The van der Waals surface area contributed by atoms with Crippen LogP contribution in [0.1, 0.15) is 105 Å². The van der Waals surface area contributed by atoms with Crippen LogP contribution >= 0.6 is 0 Å². The van der Waals surface area contributed by atoms with Gasteiger partial charge in [0.15, 0.2) is 11.5 Å². The zero-order valence-electron chi connectivity index (χ0n) is 30.0. The number of aliphatic carboxylic acids is 1. The molecule has 0 saturated heterocycles. The summed E-state index contributed by atoms with van der Waals surface area (Å²) in [6.45, 7) is 15.2. The average Bonchev–Trinajstić information content (AvgIpc) is 3.00. The van der Waals surface area contributed by atoms with Crippen LogP contribution in [-0.2, 0) is 14.3 Å². The van der Waals surface area contributed by atoms with Crippen molar-refractivity contribution in [3.8, 4) is 11.5 Å². The number of benzene rings is 1. The molecule has 48 heavy (non-hydrogen) atoms. The molecule has 11 atom stereocenters. The van der Waals surface area contributed by atoms with E-state index in [1.807, 2.05) is 6.92 Å². The largest absolute Gasteiger partial charge is 0.504 e. The number of hydrogen-bond donors (Lipinski definition) is 4. The molecule has 5 aliphatic carbocycles. The highest BCUT2D eigenvalue weighted by Gasteiger charge is 2.72. The van der Waals surface area contributed by atoms with Gasteiger partial charge < -0.3 is 29.9 Å². The second-order valence-electron chi connectivity index (χ2n) is 17.6. The Labute approximate surface area is 285 Å². The summed E-state index contributed by atoms with van der Waals surface area (Å²) in [6, 6.07) is 4.82. The standard InChI is InChI=1S/C40H56O8/c1-23-15-18-40(34(44)45)20-19-37(5)25(32(40)39(23,7)46)11-13-30-36(4)22-27(42)33(35(2,3)29(36)16-17-38(30,37)6)48-31(43)14-10-24-9-12-26(41)28(21-24)47-8/h9-12,14,21,23,27,29-30,32-33,41-42,46H,13,15-20,22H2,1-8H3,(H,44,45)/t23-,27-,29+,30-,32-,33-,36+,37-,38-,39-,40+/m1/s1. The Morgan fingerprint density at radius 2 is 1.69 bits per heavy atom. The van der Waals surface area contributed by atoms with Crippen molar-refractivity contribution in [3.63, 3.8) is 0 Å². The molecule has 0 spiro atoms. The molecule has 0 heterocycles. The molecule has 4 N–H and O–H groups in total. The molecule has 0 bridgehead atoms. The lowest BCUT2D eigenvalue weighted by molar-refractivity contribution is -0.242. The number of rotatable bonds is 5. The number of phenolic OH excluding ortho intramolecular Hbond substituents is 1. The van der Waals surface area contributed by atoms with Gasteiger partial charge in [-0.15, -0.1) is 0 Å². The number of carboxylic acids is 1. The summed E-state index contributed by atoms with van der Waals surface area (Å²) < 4.78 is 11.2. The van der Waals surface area contributed by atoms with Crippen molar-refractivity contribution in [2.75, 3.05) is 7.11 Å². The quantitative estimate of drug-likeness (QED) is 0.148. The number of fused-ring (bicyclic) bond motifs is 7. The van der Waals surface area contributed by atoms with Gasteiger partial charge in [-0.05, 0) is 116 Å². The molecule has 6 rings (SSSR count). The van der Waals surface area contributed by atoms with E-state index in [-0.39, 0.29) is 39.7 Å². The normalized spacial score (nSPS) is 44.8. The topological polar surface area (TPSA) is 134 Å². The maximum Gasteiger partial charge on any atom is 0.331 e. The number of carboxylic acid groups (broad SMARTS) is 1. The molecule has 4 saturated carbocycles. The Bertz CT molecular complexity index is 1540. The Kier molecular flexibility index (Phi) is 8.27. The number of aliphatic hydroxyl groups excluding tert-OH is 1. The van der Waals surface area contributed by atoms with Crippen molar-refractivity contribution < 1.29 is 39.5 Å². The van der Waals surface area contributed by atoms with Gasteiger partial charge in [-0.1, -0.05) is 59.3 Å². The van der Waals surface area contributed by atoms with Gasteiger partial charge in [0.25, 0.3) is 0 Å². The molecule has 0 amide bonds. The Morgan fingerprint density at radius 3 is 2.35 bits per heavy atom. The first-order chi connectivity index (χ1) is 22.3. The molecule has 8 nitrogen and oxygen atoms in total. The number of hydrogen-bond acceptors (Lipinski definition) is 7. The zero-order valence-corrected chi connectivity index (χ0v) is 30.0. The monoisotopic (exact) mass is 664 g/mol. The van der Waals surface area contributed by atoms with Crippen molar-refractivity contribution in [2.45, 2.75) is 118 Å². The molecule has 0 aromatic heterocycles. The first-order valence-corrected chi connectivity index (χ1v) is 17.9. The highest BCUT2D eigenvalue weighted by Crippen LogP contribution is 2.76. The lowest BCUT2D eigenvalue weighted by Crippen LogP contribution is -2.69. The molecule has 0 radical (unpaired) electrons. The molecule has 8 heteroatoms. The third-order valence-corrected chi connectivity index (χ3v) is 15.2. The fourth-order valence-corrected chi connectivity index (χ4v) is 12.3. The predicted octanol–water partition coefficient (Wildman–Crippen LogP) is 7.15. The molecular formula is C40H56O8. The Hall–Kier alpha value is -2.84. The van der Waals surface area contributed by atoms with Crippen LogP contribution in [0.5, 0.6) is 11.5 Å². The number of methoxy groups -OCH3 is 1. The average molecular weight is 665 g/mol. The molecule has 0 unspecified atom stereocenters. The van der Waals surface area contributed by atoms with Crippen LogP contribution < -0.4 is 4.74 Å². The fourth-order valence-electron chi connectivity index (χ4n) is 12.3. The fraction of sp³-hybridized carbons (Fsp3) is 0.700. The SMILES string of the molecule is COc1cc(C=CC(=O)O[C@@H]2[C@H](O)C[C@]3(C)[C@H]4CC=C5[C@H]6[C@](C(=O)O)(CC[C@@H](C)[C@@]6(C)O)CC[C@@]5(C)[C@]4(C)CC[C@H]3C2(C)C)ccc1O. The van der Waals surface area contributed by atoms with E-state index in [4.69, 9.17) is 9.47 Å². The van der Waals surface area contributed by atoms with Crippen molar-refractivity contribution in [3.05, 3.63) is 41.5 Å². The number of allylic oxidation sites excluding steroid dienone is 1. The summed E-state index contributed by atoms with van der Waals surface area (Å²) >= 11 is 0. The maximum atomic E-state index is 13.2. The summed E-state index contributed by atoms with van der Waals surface area (Å²) in [5, 5.41) is 44.4. The van der Waals surface area contributed by atoms with Gasteiger partial charge in [-0.3, -0.25) is 4.79 Å². The maximum absolute atomic E-state index is 13.2. The third kappa shape index (κ3) is 4.74. The van der Waals surface area contributed by atoms with E-state index < -0.39 is 46.5 Å². The second-order valence-corrected chi connectivity index (χ2v) is 17.6. The van der Waals surface area contributed by atoms with E-state index in [1.54, 1.807) is 18.2 Å². The van der Waals surface area contributed by atoms with E-state index in [0.717, 1.165) is 31.3 Å². The zero-order chi connectivity index (χ0) is 35.2. The van der Waals surface area contributed by atoms with Gasteiger partial charge in [0, 0.05) is 17.4 Å². The van der Waals surface area contributed by atoms with Gasteiger partial charge >= 0.3 is 11.9 Å². The summed E-state index contributed by atoms with van der Waals surface area (Å²) in [5.41, 5.74) is -1.43. The van der Waals surface area contributed by atoms with E-state index in [9.17, 15) is 30.0 Å². The summed E-state index contributed by atoms with van der Waals surface area (Å²) in [6.07, 6.45) is 9.52. The van der Waals surface area contributed by atoms with Crippen LogP contribution in [0, 0.1) is 50.7 Å². The predicted molar refractivity (Wildman–Crippen MR) is 183 cm³/mol. The first-order valence-electron chi connectivity index (χ1n) is 17.9. The number of aliphatic hydroxyl groups is 2. The lowest BCUT2D eigenvalue weighted by Gasteiger charge is -2.72. The van der Waals surface area contributed by atoms with E-state index >= 15 is 0 Å². The van der Waals surface area contributed by atoms with Gasteiger partial charge in [0.1, 0.15) is 6.10 Å². The van der Waals surface area contributed by atoms with Crippen LogP contribution in [-0.4, -0.2) is 57.3 Å². The lowest BCUT2D eigenvalue weighted by atomic mass is 9.33. The van der Waals surface area contributed by atoms with E-state index in [1.165, 1.54) is 19.3 Å². The van der Waals surface area contributed by atoms with E-state index in [2.05, 4.69) is 47.6 Å². The number of carbonyl (C=O) groups is 2. The molecule has 1 aromatic carbocycles. The van der Waals surface area contributed by atoms with Crippen molar-refractivity contribution in [1.82, 2.24) is 0 Å². The van der Waals surface area contributed by atoms with Crippen LogP contribution in [0.15, 0.2) is 35.9 Å². The number of ether oxygens (including phenoxy) is 2. The molecule has 5 aliphatic rings. The third-order valence-electron chi connectivity index (χ3n) is 15.2. The van der Waals surface area contributed by atoms with Crippen molar-refractivity contribution in [2.24, 2.45) is 50.7 Å². The number of carbonyl (C=O) groups excluding carboxylic acids is 1. The smallest absolute Gasteiger partial charge is 0.331 e. The minimum Gasteiger partial charge on any atom is -0.504 e. The first kappa shape index (κ1) is 35.0. The summed E-state index contributed by atoms with van der Waals surface area (Å²) in [7, 11) is 1.47. The van der Waals surface area contributed by atoms with Gasteiger partial charge in [0.2, 0.25) is 0 Å². The van der Waals surface area contributed by atoms with Gasteiger partial charge in [0.05, 0.1) is 24.2 Å². The second kappa shape index (κ2) is 11.3. The summed E-state index contributed by atoms with van der Waals surface area (Å²) in [4.78, 5) is 26.2. The molecule has 1 aromatic rings. The molecular weight excluding hydrogens is 608 g/mol. The van der Waals surface area contributed by atoms with Crippen LogP contribution in [0.25, 0.3) is 6.08 Å². The van der Waals surface area contributed by atoms with Crippen molar-refractivity contribution in [1.29, 1.82) is 0 Å². The van der Waals surface area contributed by atoms with Gasteiger partial charge in [-0.2, -0.15) is 0 Å². The summed E-state index contributed by atoms with van der Waals surface area (Å²) in [5.74, 6) is -0.985. The number of aromatic hydroxyl groups is 1. The van der Waals surface area contributed by atoms with Crippen LogP contribution in [0.4, 0.5) is 0 Å². The Morgan fingerprint density at radius 1 is 0.979 bits per heavy atom. The van der Waals surface area contributed by atoms with Crippen LogP contribution in [0.2, 0.25) is 0 Å². The van der Waals surface area contributed by atoms with Gasteiger partial charge in [-0.25, -0.2) is 4.79 Å². The molecule has 0 aliphatic heterocycles. The number of phenols is 1. The van der Waals surface area contributed by atoms with Crippen molar-refractivity contribution >= 4 is 18.0 Å². The molecule has 264 valence electrons. The van der Waals surface area contributed by atoms with E-state index in [0.29, 0.717) is 37.0 Å². The highest BCUT2D eigenvalue weighted by molar-refractivity contribution is 5.87. The molecule has 4 fully saturated rings.